The fraction of sp³-hybridized carbons (Fsp3) is 0.250. The minimum absolute atomic E-state index is 0.128. The number of rotatable bonds is 7. The Morgan fingerprint density at radius 2 is 1.73 bits per heavy atom. The second-order valence-electron chi connectivity index (χ2n) is 6.90. The summed E-state index contributed by atoms with van der Waals surface area (Å²) in [5.74, 6) is 1.87. The lowest BCUT2D eigenvalue weighted by atomic mass is 10.1. The highest BCUT2D eigenvalue weighted by Crippen LogP contribution is 2.26. The second kappa shape index (κ2) is 9.19. The van der Waals surface area contributed by atoms with Crippen LogP contribution in [0.4, 0.5) is 0 Å². The van der Waals surface area contributed by atoms with Crippen molar-refractivity contribution in [1.29, 1.82) is 5.26 Å². The van der Waals surface area contributed by atoms with Crippen molar-refractivity contribution in [2.45, 2.75) is 27.0 Å². The van der Waals surface area contributed by atoms with E-state index in [1.54, 1.807) is 37.8 Å². The van der Waals surface area contributed by atoms with Crippen molar-refractivity contribution in [2.75, 3.05) is 14.2 Å². The van der Waals surface area contributed by atoms with Crippen molar-refractivity contribution >= 4 is 0 Å². The van der Waals surface area contributed by atoms with E-state index in [1.807, 2.05) is 43.3 Å². The molecule has 1 heterocycles. The topological polar surface area (TPSA) is 73.5 Å². The second-order valence-corrected chi connectivity index (χ2v) is 6.90. The third kappa shape index (κ3) is 4.31. The van der Waals surface area contributed by atoms with Crippen molar-refractivity contribution in [3.05, 3.63) is 86.8 Å². The molecule has 3 aromatic rings. The number of pyridine rings is 1. The molecule has 6 heteroatoms. The van der Waals surface area contributed by atoms with Crippen LogP contribution in [0.1, 0.15) is 27.9 Å². The molecule has 0 spiro atoms. The lowest BCUT2D eigenvalue weighted by Crippen LogP contribution is -2.25. The molecule has 0 bridgehead atoms. The number of aryl methyl sites for hydroxylation is 1. The van der Waals surface area contributed by atoms with E-state index in [-0.39, 0.29) is 12.2 Å². The fourth-order valence-electron chi connectivity index (χ4n) is 3.25. The zero-order valence-electron chi connectivity index (χ0n) is 17.6. The van der Waals surface area contributed by atoms with Crippen LogP contribution in [0.15, 0.2) is 53.3 Å². The van der Waals surface area contributed by atoms with Gasteiger partial charge >= 0.3 is 0 Å². The van der Waals surface area contributed by atoms with Gasteiger partial charge in [-0.25, -0.2) is 0 Å². The molecule has 0 aliphatic heterocycles. The number of aromatic nitrogens is 1. The molecule has 0 aliphatic rings. The lowest BCUT2D eigenvalue weighted by Gasteiger charge is -2.17. The molecule has 0 N–H and O–H groups in total. The Labute approximate surface area is 175 Å². The van der Waals surface area contributed by atoms with Crippen LogP contribution in [0.2, 0.25) is 0 Å². The van der Waals surface area contributed by atoms with Crippen LogP contribution in [0.25, 0.3) is 0 Å². The van der Waals surface area contributed by atoms with Gasteiger partial charge in [0.1, 0.15) is 23.9 Å². The lowest BCUT2D eigenvalue weighted by molar-refractivity contribution is 0.302. The van der Waals surface area contributed by atoms with Crippen LogP contribution in [-0.2, 0) is 13.2 Å². The Balaban J connectivity index is 1.88. The van der Waals surface area contributed by atoms with Gasteiger partial charge in [0, 0.05) is 22.9 Å². The number of nitriles is 1. The fourth-order valence-corrected chi connectivity index (χ4v) is 3.25. The van der Waals surface area contributed by atoms with Crippen molar-refractivity contribution in [2.24, 2.45) is 0 Å². The Morgan fingerprint density at radius 3 is 2.43 bits per heavy atom. The van der Waals surface area contributed by atoms with Gasteiger partial charge in [0.2, 0.25) is 0 Å². The SMILES string of the molecule is COc1ccc(Cn2c(C)cc(OCc3ccccc3C#N)c(C)c2=O)c(OC)c1. The highest BCUT2D eigenvalue weighted by molar-refractivity contribution is 5.42. The Morgan fingerprint density at radius 1 is 0.967 bits per heavy atom. The smallest absolute Gasteiger partial charge is 0.257 e. The number of ether oxygens (including phenoxy) is 3. The van der Waals surface area contributed by atoms with E-state index in [9.17, 15) is 10.1 Å². The molecule has 2 aromatic carbocycles. The number of methoxy groups -OCH3 is 2. The molecule has 30 heavy (non-hydrogen) atoms. The van der Waals surface area contributed by atoms with E-state index in [1.165, 1.54) is 0 Å². The van der Waals surface area contributed by atoms with Gasteiger partial charge in [-0.05, 0) is 38.1 Å². The van der Waals surface area contributed by atoms with E-state index in [0.29, 0.717) is 34.9 Å². The molecule has 0 atom stereocenters. The average molecular weight is 404 g/mol. The summed E-state index contributed by atoms with van der Waals surface area (Å²) in [6, 6.07) is 16.8. The van der Waals surface area contributed by atoms with Gasteiger partial charge in [-0.1, -0.05) is 18.2 Å². The number of hydrogen-bond acceptors (Lipinski definition) is 5. The van der Waals surface area contributed by atoms with Crippen LogP contribution in [0.3, 0.4) is 0 Å². The molecule has 0 amide bonds. The summed E-state index contributed by atoms with van der Waals surface area (Å²) in [7, 11) is 3.19. The van der Waals surface area contributed by atoms with Crippen molar-refractivity contribution in [1.82, 2.24) is 4.57 Å². The molecule has 0 aliphatic carbocycles. The van der Waals surface area contributed by atoms with Gasteiger partial charge in [0.15, 0.2) is 0 Å². The van der Waals surface area contributed by atoms with E-state index in [4.69, 9.17) is 14.2 Å². The summed E-state index contributed by atoms with van der Waals surface area (Å²) in [6.07, 6.45) is 0. The maximum Gasteiger partial charge on any atom is 0.257 e. The molecule has 0 fully saturated rings. The van der Waals surface area contributed by atoms with Crippen LogP contribution < -0.4 is 19.8 Å². The highest BCUT2D eigenvalue weighted by atomic mass is 16.5. The van der Waals surface area contributed by atoms with E-state index in [0.717, 1.165) is 16.8 Å². The zero-order valence-corrected chi connectivity index (χ0v) is 17.6. The van der Waals surface area contributed by atoms with Crippen molar-refractivity contribution in [3.8, 4) is 23.3 Å². The first-order chi connectivity index (χ1) is 14.5. The maximum atomic E-state index is 13.0. The summed E-state index contributed by atoms with van der Waals surface area (Å²) in [5.41, 5.74) is 3.38. The first-order valence-corrected chi connectivity index (χ1v) is 9.51. The molecule has 0 saturated carbocycles. The molecule has 6 nitrogen and oxygen atoms in total. The third-order valence-corrected chi connectivity index (χ3v) is 5.04. The summed E-state index contributed by atoms with van der Waals surface area (Å²) in [5, 5.41) is 9.23. The molecule has 0 unspecified atom stereocenters. The van der Waals surface area contributed by atoms with Crippen LogP contribution >= 0.6 is 0 Å². The number of nitrogens with zero attached hydrogens (tertiary/aromatic N) is 2. The Bertz CT molecular complexity index is 1160. The molecule has 154 valence electrons. The summed E-state index contributed by atoms with van der Waals surface area (Å²) in [6.45, 7) is 4.21. The van der Waals surface area contributed by atoms with E-state index >= 15 is 0 Å². The Hall–Kier alpha value is -3.72. The number of benzene rings is 2. The molecule has 0 saturated heterocycles. The van der Waals surface area contributed by atoms with E-state index in [2.05, 4.69) is 6.07 Å². The molecular formula is C24H24N2O4. The van der Waals surface area contributed by atoms with Gasteiger partial charge in [-0.2, -0.15) is 5.26 Å². The first kappa shape index (κ1) is 21.0. The van der Waals surface area contributed by atoms with Crippen LogP contribution in [0, 0.1) is 25.2 Å². The third-order valence-electron chi connectivity index (χ3n) is 5.04. The monoisotopic (exact) mass is 404 g/mol. The predicted molar refractivity (Wildman–Crippen MR) is 114 cm³/mol. The van der Waals surface area contributed by atoms with E-state index < -0.39 is 0 Å². The van der Waals surface area contributed by atoms with Crippen molar-refractivity contribution in [3.63, 3.8) is 0 Å². The summed E-state index contributed by atoms with van der Waals surface area (Å²) >= 11 is 0. The van der Waals surface area contributed by atoms with Crippen LogP contribution in [-0.4, -0.2) is 18.8 Å². The first-order valence-electron chi connectivity index (χ1n) is 9.51. The maximum absolute atomic E-state index is 13.0. The quantitative estimate of drug-likeness (QED) is 0.595. The van der Waals surface area contributed by atoms with Gasteiger partial charge in [-0.3, -0.25) is 4.79 Å². The summed E-state index contributed by atoms with van der Waals surface area (Å²) < 4.78 is 18.3. The molecule has 3 rings (SSSR count). The zero-order chi connectivity index (χ0) is 21.7. The normalized spacial score (nSPS) is 10.4. The van der Waals surface area contributed by atoms with Gasteiger partial charge < -0.3 is 18.8 Å². The Kier molecular flexibility index (Phi) is 6.43. The average Bonchev–Trinajstić information content (AvgIpc) is 2.78. The van der Waals surface area contributed by atoms with Gasteiger partial charge in [0.05, 0.1) is 38.0 Å². The summed E-state index contributed by atoms with van der Waals surface area (Å²) in [4.78, 5) is 13.0. The molecular weight excluding hydrogens is 380 g/mol. The standard InChI is InChI=1S/C24H24N2O4/c1-16-11-22(30-15-20-8-6-5-7-18(20)13-25)17(2)24(27)26(16)14-19-9-10-21(28-3)12-23(19)29-4/h5-12H,14-15H2,1-4H3. The minimum atomic E-state index is -0.128. The van der Waals surface area contributed by atoms with Crippen molar-refractivity contribution < 1.29 is 14.2 Å². The van der Waals surface area contributed by atoms with Gasteiger partial charge in [-0.15, -0.1) is 0 Å². The predicted octanol–water partition coefficient (Wildman–Crippen LogP) is 3.98. The largest absolute Gasteiger partial charge is 0.497 e. The molecule has 0 radical (unpaired) electrons. The molecule has 1 aromatic heterocycles. The van der Waals surface area contributed by atoms with Gasteiger partial charge in [0.25, 0.3) is 5.56 Å². The minimum Gasteiger partial charge on any atom is -0.497 e. The highest BCUT2D eigenvalue weighted by Gasteiger charge is 2.14. The van der Waals surface area contributed by atoms with Crippen LogP contribution in [0.5, 0.6) is 17.2 Å². The number of hydrogen-bond donors (Lipinski definition) is 0.